The van der Waals surface area contributed by atoms with E-state index in [4.69, 9.17) is 9.72 Å². The Bertz CT molecular complexity index is 1650. The first-order valence-electron chi connectivity index (χ1n) is 14.2. The van der Waals surface area contributed by atoms with Crippen LogP contribution in [0.15, 0.2) is 59.9 Å². The molecule has 0 saturated carbocycles. The summed E-state index contributed by atoms with van der Waals surface area (Å²) in [4.78, 5) is 37.7. The number of hydrogen-bond donors (Lipinski definition) is 1. The lowest BCUT2D eigenvalue weighted by Gasteiger charge is -2.30. The highest BCUT2D eigenvalue weighted by atomic mass is 32.1. The van der Waals surface area contributed by atoms with E-state index in [2.05, 4.69) is 37.8 Å². The maximum absolute atomic E-state index is 14.3. The molecule has 1 atom stereocenters. The fourth-order valence-corrected chi connectivity index (χ4v) is 7.01. The summed E-state index contributed by atoms with van der Waals surface area (Å²) in [5.74, 6) is -1.28. The number of fused-ring (bicyclic) bond motifs is 3. The normalized spacial score (nSPS) is 18.8. The number of rotatable bonds is 7. The first-order chi connectivity index (χ1) is 19.6. The molecule has 2 aliphatic rings. The van der Waals surface area contributed by atoms with E-state index >= 15 is 0 Å². The molecule has 4 aromatic rings. The van der Waals surface area contributed by atoms with Crippen molar-refractivity contribution in [3.63, 3.8) is 0 Å². The predicted molar refractivity (Wildman–Crippen MR) is 161 cm³/mol. The summed E-state index contributed by atoms with van der Waals surface area (Å²) in [6.45, 7) is 12.8. The van der Waals surface area contributed by atoms with Crippen LogP contribution in [0.5, 0.6) is 0 Å². The van der Waals surface area contributed by atoms with Crippen molar-refractivity contribution in [1.82, 2.24) is 19.2 Å². The van der Waals surface area contributed by atoms with Gasteiger partial charge in [-0.1, -0.05) is 68.5 Å². The van der Waals surface area contributed by atoms with Gasteiger partial charge in [-0.25, -0.2) is 4.98 Å². The second-order valence-electron chi connectivity index (χ2n) is 11.9. The zero-order chi connectivity index (χ0) is 28.9. The molecule has 1 N–H and O–H groups in total. The maximum Gasteiger partial charge on any atom is 0.290 e. The minimum absolute atomic E-state index is 0.0375. The second-order valence-corrected chi connectivity index (χ2v) is 12.9. The number of para-hydroxylation sites is 2. The quantitative estimate of drug-likeness (QED) is 0.296. The van der Waals surface area contributed by atoms with Gasteiger partial charge in [0.05, 0.1) is 40.7 Å². The standard InChI is InChI=1S/C32H36N4O4S/c1-20-29(41-31-33-23-8-5-6-9-24(23)36(20)31)27(37)25-26(21-10-12-22(13-11-21)32(2,3)4)35(30(39)28(25)38)15-7-14-34-16-18-40-19-17-34/h5-6,8-13,26,38H,7,14-19H2,1-4H3. The third-order valence-electron chi connectivity index (χ3n) is 8.21. The first kappa shape index (κ1) is 27.6. The number of benzene rings is 2. The number of aliphatic hydroxyl groups is 1. The molecule has 6 rings (SSSR count). The van der Waals surface area contributed by atoms with Gasteiger partial charge >= 0.3 is 0 Å². The van der Waals surface area contributed by atoms with Crippen molar-refractivity contribution in [3.8, 4) is 0 Å². The number of morpholine rings is 1. The molecule has 2 aromatic carbocycles. The van der Waals surface area contributed by atoms with Crippen molar-refractivity contribution >= 4 is 39.0 Å². The average Bonchev–Trinajstić information content (AvgIpc) is 3.57. The average molecular weight is 573 g/mol. The number of imidazole rings is 1. The van der Waals surface area contributed by atoms with Crippen LogP contribution in [0.3, 0.4) is 0 Å². The SMILES string of the molecule is Cc1c(C(=O)C2=C(O)C(=O)N(CCCN3CCOCC3)C2c2ccc(C(C)(C)C)cc2)sc2nc3ccccc3n12. The van der Waals surface area contributed by atoms with E-state index in [1.807, 2.05) is 47.7 Å². The number of aromatic nitrogens is 2. The van der Waals surface area contributed by atoms with Crippen LogP contribution in [0.2, 0.25) is 0 Å². The molecule has 0 spiro atoms. The van der Waals surface area contributed by atoms with Crippen LogP contribution in [0.25, 0.3) is 16.0 Å². The molecular formula is C32H36N4O4S. The van der Waals surface area contributed by atoms with E-state index in [1.165, 1.54) is 11.3 Å². The van der Waals surface area contributed by atoms with Crippen molar-refractivity contribution in [1.29, 1.82) is 0 Å². The molecule has 2 aliphatic heterocycles. The summed E-state index contributed by atoms with van der Waals surface area (Å²) in [6.07, 6.45) is 0.731. The highest BCUT2D eigenvalue weighted by Gasteiger charge is 2.44. The Labute approximate surface area is 243 Å². The molecule has 0 aliphatic carbocycles. The monoisotopic (exact) mass is 572 g/mol. The molecule has 214 valence electrons. The van der Waals surface area contributed by atoms with Gasteiger partial charge in [0, 0.05) is 31.9 Å². The van der Waals surface area contributed by atoms with Gasteiger partial charge in [0.25, 0.3) is 5.91 Å². The van der Waals surface area contributed by atoms with Gasteiger partial charge in [0.2, 0.25) is 5.78 Å². The molecule has 1 amide bonds. The molecule has 8 nitrogen and oxygen atoms in total. The summed E-state index contributed by atoms with van der Waals surface area (Å²) in [5.41, 5.74) is 4.62. The number of amides is 1. The lowest BCUT2D eigenvalue weighted by Crippen LogP contribution is -2.39. The number of ether oxygens (including phenoxy) is 1. The Hall–Kier alpha value is -3.53. The van der Waals surface area contributed by atoms with Gasteiger partial charge in [-0.15, -0.1) is 0 Å². The van der Waals surface area contributed by atoms with Gasteiger partial charge in [-0.05, 0) is 42.0 Å². The van der Waals surface area contributed by atoms with Crippen LogP contribution >= 0.6 is 11.3 Å². The Morgan fingerprint density at radius 1 is 1.07 bits per heavy atom. The van der Waals surface area contributed by atoms with Gasteiger partial charge in [0.15, 0.2) is 10.7 Å². The molecule has 2 aromatic heterocycles. The number of thiazole rings is 1. The fourth-order valence-electron chi connectivity index (χ4n) is 5.91. The van der Waals surface area contributed by atoms with Crippen molar-refractivity contribution in [2.75, 3.05) is 39.4 Å². The Kier molecular flexibility index (Phi) is 7.21. The highest BCUT2D eigenvalue weighted by molar-refractivity contribution is 7.19. The lowest BCUT2D eigenvalue weighted by molar-refractivity contribution is -0.129. The van der Waals surface area contributed by atoms with Crippen LogP contribution in [0, 0.1) is 6.92 Å². The van der Waals surface area contributed by atoms with Crippen molar-refractivity contribution in [2.24, 2.45) is 0 Å². The minimum Gasteiger partial charge on any atom is -0.503 e. The van der Waals surface area contributed by atoms with Crippen LogP contribution < -0.4 is 0 Å². The van der Waals surface area contributed by atoms with Crippen LogP contribution in [0.1, 0.15) is 59.7 Å². The lowest BCUT2D eigenvalue weighted by atomic mass is 9.85. The Morgan fingerprint density at radius 3 is 2.49 bits per heavy atom. The van der Waals surface area contributed by atoms with E-state index in [-0.39, 0.29) is 16.8 Å². The van der Waals surface area contributed by atoms with Crippen LogP contribution in [-0.4, -0.2) is 75.4 Å². The smallest absolute Gasteiger partial charge is 0.290 e. The van der Waals surface area contributed by atoms with Crippen LogP contribution in [-0.2, 0) is 14.9 Å². The third-order valence-corrected chi connectivity index (χ3v) is 9.35. The number of nitrogens with zero attached hydrogens (tertiary/aromatic N) is 4. The summed E-state index contributed by atoms with van der Waals surface area (Å²) in [5, 5.41) is 11.2. The van der Waals surface area contributed by atoms with Crippen molar-refractivity contribution in [2.45, 2.75) is 45.6 Å². The maximum atomic E-state index is 14.3. The number of aryl methyl sites for hydroxylation is 1. The molecule has 0 radical (unpaired) electrons. The Balaban J connectivity index is 1.36. The molecule has 1 unspecified atom stereocenters. The van der Waals surface area contributed by atoms with Gasteiger partial charge in [-0.3, -0.25) is 18.9 Å². The zero-order valence-corrected chi connectivity index (χ0v) is 24.8. The minimum atomic E-state index is -0.667. The van der Waals surface area contributed by atoms with Crippen molar-refractivity contribution in [3.05, 3.63) is 81.6 Å². The van der Waals surface area contributed by atoms with Crippen LogP contribution in [0.4, 0.5) is 0 Å². The highest BCUT2D eigenvalue weighted by Crippen LogP contribution is 2.41. The number of carbonyl (C=O) groups is 2. The number of ketones is 1. The number of Topliss-reactive ketones (excluding diaryl/α,β-unsaturated/α-hetero) is 1. The molecule has 1 saturated heterocycles. The summed E-state index contributed by atoms with van der Waals surface area (Å²) in [7, 11) is 0. The molecule has 41 heavy (non-hydrogen) atoms. The van der Waals surface area contributed by atoms with E-state index < -0.39 is 17.7 Å². The van der Waals surface area contributed by atoms with E-state index in [9.17, 15) is 14.7 Å². The molecule has 0 bridgehead atoms. The number of carbonyl (C=O) groups excluding carboxylic acids is 2. The molecule has 1 fully saturated rings. The summed E-state index contributed by atoms with van der Waals surface area (Å²) >= 11 is 1.30. The molecular weight excluding hydrogens is 536 g/mol. The fraction of sp³-hybridized carbons (Fsp3) is 0.406. The zero-order valence-electron chi connectivity index (χ0n) is 24.0. The van der Waals surface area contributed by atoms with Gasteiger partial charge in [-0.2, -0.15) is 0 Å². The number of aliphatic hydroxyl groups excluding tert-OH is 1. The van der Waals surface area contributed by atoms with Gasteiger partial charge < -0.3 is 14.7 Å². The van der Waals surface area contributed by atoms with E-state index in [0.717, 1.165) is 53.9 Å². The summed E-state index contributed by atoms with van der Waals surface area (Å²) in [6, 6.07) is 15.2. The van der Waals surface area contributed by atoms with Crippen molar-refractivity contribution < 1.29 is 19.4 Å². The summed E-state index contributed by atoms with van der Waals surface area (Å²) < 4.78 is 7.44. The second kappa shape index (κ2) is 10.7. The molecule has 9 heteroatoms. The molecule has 4 heterocycles. The van der Waals surface area contributed by atoms with Gasteiger partial charge in [0.1, 0.15) is 0 Å². The van der Waals surface area contributed by atoms with E-state index in [0.29, 0.717) is 29.6 Å². The topological polar surface area (TPSA) is 87.4 Å². The largest absolute Gasteiger partial charge is 0.503 e. The Morgan fingerprint density at radius 2 is 1.78 bits per heavy atom. The first-order valence-corrected chi connectivity index (χ1v) is 15.0. The predicted octanol–water partition coefficient (Wildman–Crippen LogP) is 5.46. The number of hydrogen-bond acceptors (Lipinski definition) is 7. The van der Waals surface area contributed by atoms with E-state index in [1.54, 1.807) is 4.90 Å². The third kappa shape index (κ3) is 4.96.